The minimum Gasteiger partial charge on any atom is -0.376 e. The highest BCUT2D eigenvalue weighted by molar-refractivity contribution is 5.11. The van der Waals surface area contributed by atoms with Crippen molar-refractivity contribution in [1.29, 1.82) is 0 Å². The van der Waals surface area contributed by atoms with Crippen LogP contribution in [0.15, 0.2) is 18.7 Å². The molecule has 1 aromatic heterocycles. The van der Waals surface area contributed by atoms with Crippen LogP contribution in [-0.2, 0) is 9.47 Å². The van der Waals surface area contributed by atoms with Gasteiger partial charge in [0.2, 0.25) is 0 Å². The Balaban J connectivity index is 2.06. The number of aromatic nitrogens is 2. The van der Waals surface area contributed by atoms with Crippen molar-refractivity contribution in [3.05, 3.63) is 24.3 Å². The van der Waals surface area contributed by atoms with Crippen molar-refractivity contribution in [2.24, 2.45) is 0 Å². The zero-order valence-electron chi connectivity index (χ0n) is 10.1. The molecule has 94 valence electrons. The van der Waals surface area contributed by atoms with E-state index in [-0.39, 0.29) is 12.1 Å². The van der Waals surface area contributed by atoms with Gasteiger partial charge in [-0.2, -0.15) is 0 Å². The number of hydrogen-bond acceptors (Lipinski definition) is 5. The first-order chi connectivity index (χ1) is 8.42. The largest absolute Gasteiger partial charge is 0.376 e. The Hall–Kier alpha value is -1.04. The Morgan fingerprint density at radius 1 is 1.41 bits per heavy atom. The zero-order valence-corrected chi connectivity index (χ0v) is 10.1. The number of ether oxygens (including phenoxy) is 2. The van der Waals surface area contributed by atoms with Gasteiger partial charge in [0.15, 0.2) is 0 Å². The van der Waals surface area contributed by atoms with Gasteiger partial charge in [-0.15, -0.1) is 0 Å². The van der Waals surface area contributed by atoms with Crippen LogP contribution >= 0.6 is 0 Å². The van der Waals surface area contributed by atoms with E-state index in [9.17, 15) is 0 Å². The first-order valence-electron chi connectivity index (χ1n) is 6.09. The van der Waals surface area contributed by atoms with Crippen LogP contribution in [-0.4, -0.2) is 42.4 Å². The summed E-state index contributed by atoms with van der Waals surface area (Å²) in [5, 5.41) is 3.47. The van der Waals surface area contributed by atoms with Crippen LogP contribution in [0.1, 0.15) is 24.9 Å². The van der Waals surface area contributed by atoms with Gasteiger partial charge in [-0.3, -0.25) is 0 Å². The van der Waals surface area contributed by atoms with Gasteiger partial charge in [0.05, 0.1) is 25.9 Å². The fourth-order valence-electron chi connectivity index (χ4n) is 1.93. The Kier molecular flexibility index (Phi) is 4.85. The molecule has 5 nitrogen and oxygen atoms in total. The average Bonchev–Trinajstić information content (AvgIpc) is 2.42. The van der Waals surface area contributed by atoms with Gasteiger partial charge in [-0.25, -0.2) is 9.97 Å². The molecule has 0 aliphatic carbocycles. The smallest absolute Gasteiger partial charge is 0.115 e. The molecule has 2 atom stereocenters. The molecular weight excluding hydrogens is 218 g/mol. The molecule has 1 fully saturated rings. The molecule has 1 N–H and O–H groups in total. The summed E-state index contributed by atoms with van der Waals surface area (Å²) in [4.78, 5) is 8.12. The highest BCUT2D eigenvalue weighted by atomic mass is 16.6. The summed E-state index contributed by atoms with van der Waals surface area (Å²) in [6.45, 7) is 5.05. The SMILES string of the molecule is CCCNC(c1cncnc1)C1COCCO1. The summed E-state index contributed by atoms with van der Waals surface area (Å²) in [5.41, 5.74) is 1.05. The first-order valence-corrected chi connectivity index (χ1v) is 6.09. The second kappa shape index (κ2) is 6.64. The summed E-state index contributed by atoms with van der Waals surface area (Å²) < 4.78 is 11.2. The second-order valence-electron chi connectivity index (χ2n) is 4.09. The van der Waals surface area contributed by atoms with Crippen LogP contribution in [0.25, 0.3) is 0 Å². The quantitative estimate of drug-likeness (QED) is 0.825. The third kappa shape index (κ3) is 3.46. The Labute approximate surface area is 102 Å². The fraction of sp³-hybridized carbons (Fsp3) is 0.667. The summed E-state index contributed by atoms with van der Waals surface area (Å²) in [7, 11) is 0. The Bertz CT molecular complexity index is 315. The monoisotopic (exact) mass is 237 g/mol. The van der Waals surface area contributed by atoms with Crippen molar-refractivity contribution >= 4 is 0 Å². The lowest BCUT2D eigenvalue weighted by molar-refractivity contribution is -0.102. The molecule has 1 saturated heterocycles. The molecular formula is C12H19N3O2. The number of nitrogens with zero attached hydrogens (tertiary/aromatic N) is 2. The van der Waals surface area contributed by atoms with E-state index < -0.39 is 0 Å². The van der Waals surface area contributed by atoms with E-state index in [0.29, 0.717) is 19.8 Å². The average molecular weight is 237 g/mol. The molecule has 17 heavy (non-hydrogen) atoms. The highest BCUT2D eigenvalue weighted by Crippen LogP contribution is 2.20. The lowest BCUT2D eigenvalue weighted by Gasteiger charge is -2.31. The molecule has 1 aliphatic rings. The van der Waals surface area contributed by atoms with Gasteiger partial charge >= 0.3 is 0 Å². The number of rotatable bonds is 5. The molecule has 2 unspecified atom stereocenters. The highest BCUT2D eigenvalue weighted by Gasteiger charge is 2.26. The minimum absolute atomic E-state index is 0.0429. The fourth-order valence-corrected chi connectivity index (χ4v) is 1.93. The maximum absolute atomic E-state index is 5.75. The van der Waals surface area contributed by atoms with Crippen LogP contribution in [0, 0.1) is 0 Å². The molecule has 2 rings (SSSR count). The number of hydrogen-bond donors (Lipinski definition) is 1. The number of nitrogens with one attached hydrogen (secondary N) is 1. The molecule has 2 heterocycles. The third-order valence-electron chi connectivity index (χ3n) is 2.77. The Morgan fingerprint density at radius 2 is 2.24 bits per heavy atom. The van der Waals surface area contributed by atoms with Crippen LogP contribution in [0.3, 0.4) is 0 Å². The summed E-state index contributed by atoms with van der Waals surface area (Å²) >= 11 is 0. The van der Waals surface area contributed by atoms with Gasteiger partial charge in [-0.05, 0) is 13.0 Å². The summed E-state index contributed by atoms with van der Waals surface area (Å²) in [6.07, 6.45) is 6.33. The van der Waals surface area contributed by atoms with Crippen molar-refractivity contribution in [1.82, 2.24) is 15.3 Å². The maximum Gasteiger partial charge on any atom is 0.115 e. The predicted molar refractivity (Wildman–Crippen MR) is 63.6 cm³/mol. The molecule has 0 spiro atoms. The van der Waals surface area contributed by atoms with E-state index in [1.54, 1.807) is 6.33 Å². The molecule has 1 aliphatic heterocycles. The molecule has 0 bridgehead atoms. The van der Waals surface area contributed by atoms with Crippen LogP contribution in [0.2, 0.25) is 0 Å². The van der Waals surface area contributed by atoms with Crippen molar-refractivity contribution in [2.45, 2.75) is 25.5 Å². The summed E-state index contributed by atoms with van der Waals surface area (Å²) in [5.74, 6) is 0. The van der Waals surface area contributed by atoms with E-state index in [1.807, 2.05) is 12.4 Å². The molecule has 0 aromatic carbocycles. The normalized spacial score (nSPS) is 22.3. The van der Waals surface area contributed by atoms with E-state index in [2.05, 4.69) is 22.2 Å². The Morgan fingerprint density at radius 3 is 2.88 bits per heavy atom. The van der Waals surface area contributed by atoms with Gasteiger partial charge < -0.3 is 14.8 Å². The summed E-state index contributed by atoms with van der Waals surface area (Å²) in [6, 6.07) is 0.108. The van der Waals surface area contributed by atoms with Gasteiger partial charge in [0.25, 0.3) is 0 Å². The van der Waals surface area contributed by atoms with Crippen molar-refractivity contribution in [3.63, 3.8) is 0 Å². The van der Waals surface area contributed by atoms with Crippen molar-refractivity contribution in [3.8, 4) is 0 Å². The van der Waals surface area contributed by atoms with Gasteiger partial charge in [0.1, 0.15) is 12.4 Å². The predicted octanol–water partition coefficient (Wildman–Crippen LogP) is 0.933. The topological polar surface area (TPSA) is 56.3 Å². The van der Waals surface area contributed by atoms with Gasteiger partial charge in [-0.1, -0.05) is 6.92 Å². The second-order valence-corrected chi connectivity index (χ2v) is 4.09. The third-order valence-corrected chi connectivity index (χ3v) is 2.77. The standard InChI is InChI=1S/C12H19N3O2/c1-2-3-15-12(10-6-13-9-14-7-10)11-8-16-4-5-17-11/h6-7,9,11-12,15H,2-5,8H2,1H3. The lowest BCUT2D eigenvalue weighted by atomic mass is 10.0. The van der Waals surface area contributed by atoms with Gasteiger partial charge in [0, 0.05) is 18.0 Å². The van der Waals surface area contributed by atoms with E-state index in [0.717, 1.165) is 18.5 Å². The molecule has 0 saturated carbocycles. The maximum atomic E-state index is 5.75. The molecule has 0 radical (unpaired) electrons. The van der Waals surface area contributed by atoms with E-state index in [4.69, 9.17) is 9.47 Å². The van der Waals surface area contributed by atoms with E-state index >= 15 is 0 Å². The van der Waals surface area contributed by atoms with Crippen molar-refractivity contribution in [2.75, 3.05) is 26.4 Å². The lowest BCUT2D eigenvalue weighted by Crippen LogP contribution is -2.41. The van der Waals surface area contributed by atoms with Crippen LogP contribution in [0.4, 0.5) is 0 Å². The molecule has 1 aromatic rings. The molecule has 0 amide bonds. The first kappa shape index (κ1) is 12.4. The van der Waals surface area contributed by atoms with E-state index in [1.165, 1.54) is 0 Å². The zero-order chi connectivity index (χ0) is 11.9. The van der Waals surface area contributed by atoms with Crippen molar-refractivity contribution < 1.29 is 9.47 Å². The minimum atomic E-state index is 0.0429. The van der Waals surface area contributed by atoms with Crippen LogP contribution in [0.5, 0.6) is 0 Å². The van der Waals surface area contributed by atoms with Crippen LogP contribution < -0.4 is 5.32 Å². The molecule has 5 heteroatoms.